The van der Waals surface area contributed by atoms with Crippen LogP contribution in [-0.4, -0.2) is 51.3 Å². The Morgan fingerprint density at radius 2 is 2.06 bits per heavy atom. The van der Waals surface area contributed by atoms with Crippen molar-refractivity contribution in [3.8, 4) is 0 Å². The molecule has 1 unspecified atom stereocenters. The van der Waals surface area contributed by atoms with Crippen LogP contribution in [0.3, 0.4) is 0 Å². The van der Waals surface area contributed by atoms with Crippen molar-refractivity contribution in [3.05, 3.63) is 0 Å². The molecule has 0 saturated heterocycles. The Labute approximate surface area is 98.9 Å². The summed E-state index contributed by atoms with van der Waals surface area (Å²) in [5, 5.41) is 0. The summed E-state index contributed by atoms with van der Waals surface area (Å²) < 4.78 is 10.1. The fourth-order valence-electron chi connectivity index (χ4n) is 1.40. The van der Waals surface area contributed by atoms with Gasteiger partial charge >= 0.3 is 5.97 Å². The highest BCUT2D eigenvalue weighted by atomic mass is 16.5. The van der Waals surface area contributed by atoms with Crippen LogP contribution in [0.4, 0.5) is 0 Å². The quantitative estimate of drug-likeness (QED) is 0.446. The third-order valence-electron chi connectivity index (χ3n) is 2.45. The van der Waals surface area contributed by atoms with Crippen LogP contribution in [0.5, 0.6) is 0 Å². The van der Waals surface area contributed by atoms with Crippen molar-refractivity contribution in [3.63, 3.8) is 0 Å². The van der Waals surface area contributed by atoms with Gasteiger partial charge in [0.15, 0.2) is 0 Å². The molecule has 0 aliphatic heterocycles. The molecule has 0 bridgehead atoms. The summed E-state index contributed by atoms with van der Waals surface area (Å²) in [6.45, 7) is 7.14. The molecule has 0 aliphatic rings. The van der Waals surface area contributed by atoms with E-state index in [1.54, 1.807) is 0 Å². The minimum atomic E-state index is -0.154. The van der Waals surface area contributed by atoms with E-state index >= 15 is 0 Å². The normalized spacial score (nSPS) is 12.8. The maximum absolute atomic E-state index is 11.2. The van der Waals surface area contributed by atoms with E-state index in [-0.39, 0.29) is 11.9 Å². The zero-order valence-electron chi connectivity index (χ0n) is 11.0. The molecular weight excluding hydrogens is 206 g/mol. The zero-order chi connectivity index (χ0) is 12.4. The molecule has 0 amide bonds. The number of rotatable bonds is 9. The molecule has 0 saturated carbocycles. The Morgan fingerprint density at radius 3 is 2.62 bits per heavy atom. The zero-order valence-corrected chi connectivity index (χ0v) is 11.0. The van der Waals surface area contributed by atoms with Gasteiger partial charge in [-0.05, 0) is 13.5 Å². The third-order valence-corrected chi connectivity index (χ3v) is 2.45. The van der Waals surface area contributed by atoms with E-state index < -0.39 is 0 Å². The SMILES string of the molecule is CCCCOCCN(C)CC(C)C(=O)OC. The Bertz CT molecular complexity index is 185. The molecule has 0 aromatic carbocycles. The lowest BCUT2D eigenvalue weighted by molar-refractivity contribution is -0.145. The molecule has 0 aromatic heterocycles. The van der Waals surface area contributed by atoms with Crippen LogP contribution in [0.25, 0.3) is 0 Å². The molecule has 0 rings (SSSR count). The number of carbonyl (C=O) groups excluding carboxylic acids is 1. The van der Waals surface area contributed by atoms with E-state index in [9.17, 15) is 4.79 Å². The number of nitrogens with zero attached hydrogens (tertiary/aromatic N) is 1. The van der Waals surface area contributed by atoms with Crippen LogP contribution in [0, 0.1) is 5.92 Å². The molecule has 0 spiro atoms. The van der Waals surface area contributed by atoms with Crippen molar-refractivity contribution in [2.75, 3.05) is 40.5 Å². The van der Waals surface area contributed by atoms with E-state index in [2.05, 4.69) is 16.6 Å². The molecule has 96 valence electrons. The van der Waals surface area contributed by atoms with Crippen LogP contribution in [0.1, 0.15) is 26.7 Å². The largest absolute Gasteiger partial charge is 0.469 e. The molecule has 1 atom stereocenters. The minimum Gasteiger partial charge on any atom is -0.469 e. The van der Waals surface area contributed by atoms with E-state index in [1.165, 1.54) is 7.11 Å². The summed E-state index contributed by atoms with van der Waals surface area (Å²) in [6, 6.07) is 0. The monoisotopic (exact) mass is 231 g/mol. The summed E-state index contributed by atoms with van der Waals surface area (Å²) in [7, 11) is 3.41. The fourth-order valence-corrected chi connectivity index (χ4v) is 1.40. The van der Waals surface area contributed by atoms with Crippen molar-refractivity contribution in [2.45, 2.75) is 26.7 Å². The summed E-state index contributed by atoms with van der Waals surface area (Å²) in [5.41, 5.74) is 0. The number of methoxy groups -OCH3 is 1. The standard InChI is InChI=1S/C12H25NO3/c1-5-6-8-16-9-7-13(3)10-11(2)12(14)15-4/h11H,5-10H2,1-4H3. The van der Waals surface area contributed by atoms with Gasteiger partial charge in [-0.15, -0.1) is 0 Å². The molecule has 0 aromatic rings. The van der Waals surface area contributed by atoms with Crippen molar-refractivity contribution in [1.29, 1.82) is 0 Å². The van der Waals surface area contributed by atoms with E-state index in [4.69, 9.17) is 4.74 Å². The number of unbranched alkanes of at least 4 members (excludes halogenated alkanes) is 1. The van der Waals surface area contributed by atoms with Gasteiger partial charge in [-0.25, -0.2) is 0 Å². The number of hydrogen-bond acceptors (Lipinski definition) is 4. The van der Waals surface area contributed by atoms with Gasteiger partial charge in [0, 0.05) is 19.7 Å². The lowest BCUT2D eigenvalue weighted by atomic mass is 10.2. The smallest absolute Gasteiger partial charge is 0.309 e. The van der Waals surface area contributed by atoms with Gasteiger partial charge in [0.25, 0.3) is 0 Å². The molecule has 0 radical (unpaired) electrons. The van der Waals surface area contributed by atoms with Gasteiger partial charge in [-0.3, -0.25) is 4.79 Å². The topological polar surface area (TPSA) is 38.8 Å². The van der Waals surface area contributed by atoms with Crippen LogP contribution >= 0.6 is 0 Å². The predicted octanol–water partition coefficient (Wildman–Crippen LogP) is 1.54. The number of hydrogen-bond donors (Lipinski definition) is 0. The summed E-state index contributed by atoms with van der Waals surface area (Å²) in [4.78, 5) is 13.3. The Morgan fingerprint density at radius 1 is 1.38 bits per heavy atom. The molecule has 16 heavy (non-hydrogen) atoms. The Balaban J connectivity index is 3.50. The number of likely N-dealkylation sites (N-methyl/N-ethyl adjacent to an activating group) is 1. The molecule has 0 heterocycles. The first-order chi connectivity index (χ1) is 7.61. The molecule has 4 nitrogen and oxygen atoms in total. The highest BCUT2D eigenvalue weighted by Crippen LogP contribution is 2.00. The van der Waals surface area contributed by atoms with Gasteiger partial charge in [0.1, 0.15) is 0 Å². The maximum Gasteiger partial charge on any atom is 0.309 e. The van der Waals surface area contributed by atoms with E-state index in [1.807, 2.05) is 14.0 Å². The molecule has 0 N–H and O–H groups in total. The number of carbonyl (C=O) groups is 1. The van der Waals surface area contributed by atoms with Gasteiger partial charge in [-0.2, -0.15) is 0 Å². The second-order valence-corrected chi connectivity index (χ2v) is 4.15. The highest BCUT2D eigenvalue weighted by Gasteiger charge is 2.14. The predicted molar refractivity (Wildman–Crippen MR) is 64.4 cm³/mol. The fraction of sp³-hybridized carbons (Fsp3) is 0.917. The van der Waals surface area contributed by atoms with Gasteiger partial charge < -0.3 is 14.4 Å². The summed E-state index contributed by atoms with van der Waals surface area (Å²) in [6.07, 6.45) is 2.28. The number of esters is 1. The minimum absolute atomic E-state index is 0.0781. The first-order valence-corrected chi connectivity index (χ1v) is 5.95. The third kappa shape index (κ3) is 7.65. The maximum atomic E-state index is 11.2. The molecule has 0 aliphatic carbocycles. The van der Waals surface area contributed by atoms with Gasteiger partial charge in [-0.1, -0.05) is 20.3 Å². The molecular formula is C12H25NO3. The van der Waals surface area contributed by atoms with Crippen LogP contribution in [0.15, 0.2) is 0 Å². The van der Waals surface area contributed by atoms with Crippen LogP contribution in [-0.2, 0) is 14.3 Å². The van der Waals surface area contributed by atoms with Crippen molar-refractivity contribution in [2.24, 2.45) is 5.92 Å². The average Bonchev–Trinajstić information content (AvgIpc) is 2.27. The Kier molecular flexibility index (Phi) is 9.24. The summed E-state index contributed by atoms with van der Waals surface area (Å²) in [5.74, 6) is -0.232. The average molecular weight is 231 g/mol. The van der Waals surface area contributed by atoms with Gasteiger partial charge in [0.05, 0.1) is 19.6 Å². The lowest BCUT2D eigenvalue weighted by Gasteiger charge is -2.19. The molecule has 0 fully saturated rings. The summed E-state index contributed by atoms with van der Waals surface area (Å²) >= 11 is 0. The highest BCUT2D eigenvalue weighted by molar-refractivity contribution is 5.71. The van der Waals surface area contributed by atoms with Crippen LogP contribution in [0.2, 0.25) is 0 Å². The van der Waals surface area contributed by atoms with Crippen molar-refractivity contribution < 1.29 is 14.3 Å². The van der Waals surface area contributed by atoms with E-state index in [0.29, 0.717) is 6.54 Å². The first-order valence-electron chi connectivity index (χ1n) is 5.95. The Hall–Kier alpha value is -0.610. The molecule has 4 heteroatoms. The van der Waals surface area contributed by atoms with E-state index in [0.717, 1.165) is 32.6 Å². The van der Waals surface area contributed by atoms with Crippen molar-refractivity contribution >= 4 is 5.97 Å². The van der Waals surface area contributed by atoms with Crippen LogP contribution < -0.4 is 0 Å². The van der Waals surface area contributed by atoms with Gasteiger partial charge in [0.2, 0.25) is 0 Å². The number of ether oxygens (including phenoxy) is 2. The second kappa shape index (κ2) is 9.60. The van der Waals surface area contributed by atoms with Crippen molar-refractivity contribution in [1.82, 2.24) is 4.90 Å². The first kappa shape index (κ1) is 15.4. The lowest BCUT2D eigenvalue weighted by Crippen LogP contribution is -2.31. The second-order valence-electron chi connectivity index (χ2n) is 4.15.